The Labute approximate surface area is 129 Å². The number of amides is 1. The van der Waals surface area contributed by atoms with E-state index in [1.165, 1.54) is 5.56 Å². The molecule has 2 aromatic carbocycles. The molecule has 0 fully saturated rings. The van der Waals surface area contributed by atoms with Gasteiger partial charge in [-0.25, -0.2) is 0 Å². The van der Waals surface area contributed by atoms with Gasteiger partial charge in [0.25, 0.3) is 5.91 Å². The Bertz CT molecular complexity index is 638. The first-order valence-electron chi connectivity index (χ1n) is 6.76. The Morgan fingerprint density at radius 3 is 2.38 bits per heavy atom. The van der Waals surface area contributed by atoms with Crippen LogP contribution in [0.15, 0.2) is 42.5 Å². The standard InChI is InChI=1S/C17H18ClNO2/c1-11-4-7-15(10-12(11)2)19-17(20)13(3)21-16-8-5-14(18)6-9-16/h4-10,13H,1-3H3,(H,19,20). The summed E-state index contributed by atoms with van der Waals surface area (Å²) in [5.41, 5.74) is 3.10. The highest BCUT2D eigenvalue weighted by molar-refractivity contribution is 6.30. The van der Waals surface area contributed by atoms with Gasteiger partial charge in [0.05, 0.1) is 0 Å². The van der Waals surface area contributed by atoms with Crippen molar-refractivity contribution in [3.8, 4) is 5.75 Å². The van der Waals surface area contributed by atoms with Crippen molar-refractivity contribution in [2.45, 2.75) is 26.9 Å². The predicted octanol–water partition coefficient (Wildman–Crippen LogP) is 4.36. The molecule has 2 rings (SSSR count). The minimum atomic E-state index is -0.590. The van der Waals surface area contributed by atoms with Crippen molar-refractivity contribution in [3.05, 3.63) is 58.6 Å². The topological polar surface area (TPSA) is 38.3 Å². The van der Waals surface area contributed by atoms with Crippen LogP contribution in [0.4, 0.5) is 5.69 Å². The van der Waals surface area contributed by atoms with Crippen LogP contribution in [0.25, 0.3) is 0 Å². The normalized spacial score (nSPS) is 11.8. The van der Waals surface area contributed by atoms with E-state index >= 15 is 0 Å². The summed E-state index contributed by atoms with van der Waals surface area (Å²) < 4.78 is 5.59. The first-order valence-corrected chi connectivity index (χ1v) is 7.14. The molecule has 4 heteroatoms. The second-order valence-electron chi connectivity index (χ2n) is 5.00. The predicted molar refractivity (Wildman–Crippen MR) is 86.1 cm³/mol. The number of aryl methyl sites for hydroxylation is 2. The fraction of sp³-hybridized carbons (Fsp3) is 0.235. The summed E-state index contributed by atoms with van der Waals surface area (Å²) in [5.74, 6) is 0.426. The van der Waals surface area contributed by atoms with E-state index in [1.807, 2.05) is 32.0 Å². The molecule has 1 atom stereocenters. The van der Waals surface area contributed by atoms with E-state index in [-0.39, 0.29) is 5.91 Å². The molecule has 0 aliphatic carbocycles. The number of anilines is 1. The third-order valence-corrected chi connectivity index (χ3v) is 3.52. The van der Waals surface area contributed by atoms with Gasteiger partial charge in [-0.1, -0.05) is 17.7 Å². The second kappa shape index (κ2) is 6.64. The van der Waals surface area contributed by atoms with E-state index in [2.05, 4.69) is 5.32 Å². The van der Waals surface area contributed by atoms with Crippen LogP contribution in [0.5, 0.6) is 5.75 Å². The third-order valence-electron chi connectivity index (χ3n) is 3.27. The van der Waals surface area contributed by atoms with Gasteiger partial charge in [0, 0.05) is 10.7 Å². The van der Waals surface area contributed by atoms with Gasteiger partial charge in [0.1, 0.15) is 5.75 Å². The number of hydrogen-bond acceptors (Lipinski definition) is 2. The smallest absolute Gasteiger partial charge is 0.265 e. The summed E-state index contributed by atoms with van der Waals surface area (Å²) in [5, 5.41) is 3.49. The number of ether oxygens (including phenoxy) is 1. The van der Waals surface area contributed by atoms with Crippen molar-refractivity contribution in [1.29, 1.82) is 0 Å². The number of nitrogens with one attached hydrogen (secondary N) is 1. The summed E-state index contributed by atoms with van der Waals surface area (Å²) in [6, 6.07) is 12.7. The SMILES string of the molecule is Cc1ccc(NC(=O)C(C)Oc2ccc(Cl)cc2)cc1C. The molecule has 21 heavy (non-hydrogen) atoms. The van der Waals surface area contributed by atoms with E-state index in [0.717, 1.165) is 11.3 Å². The van der Waals surface area contributed by atoms with E-state index in [0.29, 0.717) is 10.8 Å². The van der Waals surface area contributed by atoms with Gasteiger partial charge in [0.15, 0.2) is 6.10 Å². The van der Waals surface area contributed by atoms with Crippen molar-refractivity contribution >= 4 is 23.2 Å². The quantitative estimate of drug-likeness (QED) is 0.911. The van der Waals surface area contributed by atoms with Gasteiger partial charge in [-0.05, 0) is 68.3 Å². The Morgan fingerprint density at radius 1 is 1.10 bits per heavy atom. The Morgan fingerprint density at radius 2 is 1.76 bits per heavy atom. The van der Waals surface area contributed by atoms with E-state index in [4.69, 9.17) is 16.3 Å². The monoisotopic (exact) mass is 303 g/mol. The average Bonchev–Trinajstić information content (AvgIpc) is 2.45. The highest BCUT2D eigenvalue weighted by Crippen LogP contribution is 2.18. The zero-order chi connectivity index (χ0) is 15.4. The Balaban J connectivity index is 1.98. The van der Waals surface area contributed by atoms with Gasteiger partial charge >= 0.3 is 0 Å². The molecule has 0 aliphatic rings. The van der Waals surface area contributed by atoms with Crippen LogP contribution in [0, 0.1) is 13.8 Å². The lowest BCUT2D eigenvalue weighted by molar-refractivity contribution is -0.122. The molecular weight excluding hydrogens is 286 g/mol. The van der Waals surface area contributed by atoms with Crippen LogP contribution < -0.4 is 10.1 Å². The van der Waals surface area contributed by atoms with Crippen molar-refractivity contribution in [2.24, 2.45) is 0 Å². The van der Waals surface area contributed by atoms with Crippen molar-refractivity contribution in [2.75, 3.05) is 5.32 Å². The van der Waals surface area contributed by atoms with Crippen LogP contribution in [-0.2, 0) is 4.79 Å². The van der Waals surface area contributed by atoms with Crippen LogP contribution in [0.1, 0.15) is 18.1 Å². The second-order valence-corrected chi connectivity index (χ2v) is 5.44. The van der Waals surface area contributed by atoms with Crippen molar-refractivity contribution in [1.82, 2.24) is 0 Å². The molecule has 1 amide bonds. The summed E-state index contributed by atoms with van der Waals surface area (Å²) >= 11 is 5.81. The molecule has 0 aliphatic heterocycles. The molecule has 0 saturated carbocycles. The maximum atomic E-state index is 12.1. The van der Waals surface area contributed by atoms with Gasteiger partial charge in [-0.15, -0.1) is 0 Å². The average molecular weight is 304 g/mol. The zero-order valence-corrected chi connectivity index (χ0v) is 13.1. The van der Waals surface area contributed by atoms with Crippen molar-refractivity contribution in [3.63, 3.8) is 0 Å². The lowest BCUT2D eigenvalue weighted by atomic mass is 10.1. The fourth-order valence-electron chi connectivity index (χ4n) is 1.83. The summed E-state index contributed by atoms with van der Waals surface area (Å²) in [6.45, 7) is 5.76. The molecule has 0 spiro atoms. The first kappa shape index (κ1) is 15.4. The summed E-state index contributed by atoms with van der Waals surface area (Å²) in [4.78, 5) is 12.1. The van der Waals surface area contributed by atoms with E-state index in [9.17, 15) is 4.79 Å². The molecule has 3 nitrogen and oxygen atoms in total. The minimum Gasteiger partial charge on any atom is -0.481 e. The Hall–Kier alpha value is -2.00. The molecular formula is C17H18ClNO2. The van der Waals surface area contributed by atoms with Crippen molar-refractivity contribution < 1.29 is 9.53 Å². The molecule has 0 aromatic heterocycles. The number of hydrogen-bond donors (Lipinski definition) is 1. The van der Waals surface area contributed by atoms with Gasteiger partial charge < -0.3 is 10.1 Å². The number of carbonyl (C=O) groups is 1. The molecule has 2 aromatic rings. The molecule has 0 radical (unpaired) electrons. The van der Waals surface area contributed by atoms with E-state index < -0.39 is 6.10 Å². The van der Waals surface area contributed by atoms with Crippen LogP contribution in [-0.4, -0.2) is 12.0 Å². The third kappa shape index (κ3) is 4.23. The summed E-state index contributed by atoms with van der Waals surface area (Å²) in [7, 11) is 0. The lowest BCUT2D eigenvalue weighted by Gasteiger charge is -2.15. The lowest BCUT2D eigenvalue weighted by Crippen LogP contribution is -2.30. The van der Waals surface area contributed by atoms with E-state index in [1.54, 1.807) is 31.2 Å². The first-order chi connectivity index (χ1) is 9.95. The van der Waals surface area contributed by atoms with Gasteiger partial charge in [0.2, 0.25) is 0 Å². The minimum absolute atomic E-state index is 0.187. The van der Waals surface area contributed by atoms with Crippen LogP contribution in [0.2, 0.25) is 5.02 Å². The molecule has 0 saturated heterocycles. The number of carbonyl (C=O) groups excluding carboxylic acids is 1. The number of benzene rings is 2. The van der Waals surface area contributed by atoms with Crippen LogP contribution in [0.3, 0.4) is 0 Å². The maximum absolute atomic E-state index is 12.1. The molecule has 0 bridgehead atoms. The number of rotatable bonds is 4. The van der Waals surface area contributed by atoms with Gasteiger partial charge in [-0.3, -0.25) is 4.79 Å². The largest absolute Gasteiger partial charge is 0.481 e. The highest BCUT2D eigenvalue weighted by Gasteiger charge is 2.15. The number of halogens is 1. The van der Waals surface area contributed by atoms with Gasteiger partial charge in [-0.2, -0.15) is 0 Å². The molecule has 0 heterocycles. The maximum Gasteiger partial charge on any atom is 0.265 e. The summed E-state index contributed by atoms with van der Waals surface area (Å²) in [6.07, 6.45) is -0.590. The zero-order valence-electron chi connectivity index (χ0n) is 12.3. The molecule has 1 unspecified atom stereocenters. The van der Waals surface area contributed by atoms with Crippen LogP contribution >= 0.6 is 11.6 Å². The molecule has 1 N–H and O–H groups in total. The highest BCUT2D eigenvalue weighted by atomic mass is 35.5. The Kier molecular flexibility index (Phi) is 4.86. The molecule has 110 valence electrons. The fourth-order valence-corrected chi connectivity index (χ4v) is 1.96.